The number of aryl methyl sites for hydroxylation is 1. The van der Waals surface area contributed by atoms with Crippen LogP contribution in [0.2, 0.25) is 0 Å². The van der Waals surface area contributed by atoms with Crippen molar-refractivity contribution in [1.82, 2.24) is 15.5 Å². The summed E-state index contributed by atoms with van der Waals surface area (Å²) in [5.74, 6) is 1.02. The van der Waals surface area contributed by atoms with Crippen LogP contribution in [0.15, 0.2) is 60.7 Å². The van der Waals surface area contributed by atoms with E-state index in [1.54, 1.807) is 12.1 Å². The van der Waals surface area contributed by atoms with E-state index < -0.39 is 0 Å². The largest absolute Gasteiger partial charge is 0.492 e. The average Bonchev–Trinajstić information content (AvgIpc) is 2.68. The topological polar surface area (TPSA) is 76.1 Å². The normalized spacial score (nSPS) is 10.3. The molecule has 0 unspecified atom stereocenters. The lowest BCUT2D eigenvalue weighted by molar-refractivity contribution is 0.0945. The summed E-state index contributed by atoms with van der Waals surface area (Å²) >= 11 is 0. The van der Waals surface area contributed by atoms with Crippen molar-refractivity contribution < 1.29 is 9.53 Å². The van der Waals surface area contributed by atoms with Gasteiger partial charge in [0.25, 0.3) is 5.91 Å². The fourth-order valence-electron chi connectivity index (χ4n) is 2.60. The third-order valence-corrected chi connectivity index (χ3v) is 3.88. The summed E-state index contributed by atoms with van der Waals surface area (Å²) in [6.07, 6.45) is 0. The summed E-state index contributed by atoms with van der Waals surface area (Å²) in [5, 5.41) is 14.1. The van der Waals surface area contributed by atoms with Crippen molar-refractivity contribution >= 4 is 17.4 Å². The number of amides is 1. The lowest BCUT2D eigenvalue weighted by Crippen LogP contribution is -2.24. The van der Waals surface area contributed by atoms with Crippen LogP contribution in [0.4, 0.5) is 11.5 Å². The number of benzene rings is 2. The van der Waals surface area contributed by atoms with E-state index in [9.17, 15) is 4.79 Å². The van der Waals surface area contributed by atoms with Gasteiger partial charge < -0.3 is 15.4 Å². The van der Waals surface area contributed by atoms with E-state index in [0.717, 1.165) is 22.6 Å². The Morgan fingerprint density at radius 1 is 1.04 bits per heavy atom. The van der Waals surface area contributed by atoms with Gasteiger partial charge in [0.15, 0.2) is 11.5 Å². The van der Waals surface area contributed by atoms with Crippen LogP contribution < -0.4 is 15.4 Å². The molecule has 0 saturated heterocycles. The molecular weight excluding hydrogens is 340 g/mol. The highest BCUT2D eigenvalue weighted by molar-refractivity contribution is 5.92. The van der Waals surface area contributed by atoms with Gasteiger partial charge in [0.05, 0.1) is 12.3 Å². The first-order chi connectivity index (χ1) is 13.2. The molecule has 1 aromatic heterocycles. The number of aromatic nitrogens is 2. The fraction of sp³-hybridized carbons (Fsp3) is 0.190. The first-order valence-corrected chi connectivity index (χ1v) is 8.82. The van der Waals surface area contributed by atoms with Crippen molar-refractivity contribution in [2.75, 3.05) is 11.9 Å². The lowest BCUT2D eigenvalue weighted by Gasteiger charge is -2.11. The maximum Gasteiger partial charge on any atom is 0.272 e. The molecule has 0 aliphatic heterocycles. The molecule has 6 heteroatoms. The lowest BCUT2D eigenvalue weighted by atomic mass is 10.1. The highest BCUT2D eigenvalue weighted by Gasteiger charge is 2.09. The standard InChI is InChI=1S/C21H22N4O2/c1-3-27-19-10-5-4-9-17(19)23-20-12-11-18(24-25-20)21(26)22-14-16-8-6-7-15(2)13-16/h4-13H,3,14H2,1-2H3,(H,22,26)(H,23,25). The number of hydrogen-bond donors (Lipinski definition) is 2. The molecule has 1 heterocycles. The second kappa shape index (κ2) is 8.80. The van der Waals surface area contributed by atoms with Gasteiger partial charge in [-0.25, -0.2) is 0 Å². The summed E-state index contributed by atoms with van der Waals surface area (Å²) in [7, 11) is 0. The third-order valence-electron chi connectivity index (χ3n) is 3.88. The molecule has 2 N–H and O–H groups in total. The molecule has 0 saturated carbocycles. The predicted molar refractivity (Wildman–Crippen MR) is 105 cm³/mol. The molecule has 0 radical (unpaired) electrons. The van der Waals surface area contributed by atoms with Gasteiger partial charge >= 0.3 is 0 Å². The van der Waals surface area contributed by atoms with E-state index in [0.29, 0.717) is 19.0 Å². The number of carbonyl (C=O) groups is 1. The highest BCUT2D eigenvalue weighted by Crippen LogP contribution is 2.26. The van der Waals surface area contributed by atoms with Crippen LogP contribution in [-0.4, -0.2) is 22.7 Å². The maximum absolute atomic E-state index is 12.3. The van der Waals surface area contributed by atoms with Crippen LogP contribution in [0, 0.1) is 6.92 Å². The number of rotatable bonds is 7. The predicted octanol–water partition coefficient (Wildman–Crippen LogP) is 3.86. The van der Waals surface area contributed by atoms with Crippen LogP contribution >= 0.6 is 0 Å². The molecular formula is C21H22N4O2. The van der Waals surface area contributed by atoms with Gasteiger partial charge in [-0.1, -0.05) is 42.0 Å². The zero-order valence-electron chi connectivity index (χ0n) is 15.4. The number of nitrogens with zero attached hydrogens (tertiary/aromatic N) is 2. The Labute approximate surface area is 158 Å². The quantitative estimate of drug-likeness (QED) is 0.667. The minimum absolute atomic E-state index is 0.259. The number of ether oxygens (including phenoxy) is 1. The van der Waals surface area contributed by atoms with Crippen LogP contribution in [0.3, 0.4) is 0 Å². The molecule has 138 valence electrons. The van der Waals surface area contributed by atoms with E-state index >= 15 is 0 Å². The first-order valence-electron chi connectivity index (χ1n) is 8.82. The van der Waals surface area contributed by atoms with Gasteiger partial charge in [0.2, 0.25) is 0 Å². The van der Waals surface area contributed by atoms with Crippen LogP contribution in [-0.2, 0) is 6.54 Å². The summed E-state index contributed by atoms with van der Waals surface area (Å²) in [4.78, 5) is 12.3. The van der Waals surface area contributed by atoms with Gasteiger partial charge in [0.1, 0.15) is 5.75 Å². The van der Waals surface area contributed by atoms with E-state index in [2.05, 4.69) is 20.8 Å². The molecule has 2 aromatic carbocycles. The van der Waals surface area contributed by atoms with Crippen LogP contribution in [0.5, 0.6) is 5.75 Å². The molecule has 0 spiro atoms. The van der Waals surface area contributed by atoms with Crippen LogP contribution in [0.1, 0.15) is 28.5 Å². The molecule has 6 nitrogen and oxygen atoms in total. The van der Waals surface area contributed by atoms with E-state index in [-0.39, 0.29) is 11.6 Å². The summed E-state index contributed by atoms with van der Waals surface area (Å²) in [5.41, 5.74) is 3.27. The molecule has 0 fully saturated rings. The zero-order valence-corrected chi connectivity index (χ0v) is 15.4. The Bertz CT molecular complexity index is 910. The van der Waals surface area contributed by atoms with E-state index in [4.69, 9.17) is 4.74 Å². The SMILES string of the molecule is CCOc1ccccc1Nc1ccc(C(=O)NCc2cccc(C)c2)nn1. The van der Waals surface area contributed by atoms with Crippen molar-refractivity contribution in [3.05, 3.63) is 77.5 Å². The molecule has 0 aliphatic rings. The fourth-order valence-corrected chi connectivity index (χ4v) is 2.60. The van der Waals surface area contributed by atoms with Crippen molar-refractivity contribution in [3.63, 3.8) is 0 Å². The van der Waals surface area contributed by atoms with Crippen LogP contribution in [0.25, 0.3) is 0 Å². The number of nitrogens with one attached hydrogen (secondary N) is 2. The summed E-state index contributed by atoms with van der Waals surface area (Å²) in [6.45, 7) is 4.97. The van der Waals surface area contributed by atoms with Gasteiger partial charge in [-0.05, 0) is 43.7 Å². The molecule has 1 amide bonds. The van der Waals surface area contributed by atoms with Gasteiger partial charge in [-0.15, -0.1) is 10.2 Å². The van der Waals surface area contributed by atoms with Crippen molar-refractivity contribution in [1.29, 1.82) is 0 Å². The zero-order chi connectivity index (χ0) is 19.1. The van der Waals surface area contributed by atoms with Crippen molar-refractivity contribution in [3.8, 4) is 5.75 Å². The van der Waals surface area contributed by atoms with Crippen molar-refractivity contribution in [2.24, 2.45) is 0 Å². The Morgan fingerprint density at radius 2 is 1.89 bits per heavy atom. The molecule has 27 heavy (non-hydrogen) atoms. The van der Waals surface area contributed by atoms with Gasteiger partial charge in [-0.2, -0.15) is 0 Å². The summed E-state index contributed by atoms with van der Waals surface area (Å²) < 4.78 is 5.58. The Morgan fingerprint density at radius 3 is 2.63 bits per heavy atom. The maximum atomic E-state index is 12.3. The van der Waals surface area contributed by atoms with E-state index in [1.165, 1.54) is 0 Å². The highest BCUT2D eigenvalue weighted by atomic mass is 16.5. The Balaban J connectivity index is 1.62. The Hall–Kier alpha value is -3.41. The average molecular weight is 362 g/mol. The monoisotopic (exact) mass is 362 g/mol. The number of hydrogen-bond acceptors (Lipinski definition) is 5. The number of anilines is 2. The molecule has 0 atom stereocenters. The van der Waals surface area contributed by atoms with E-state index in [1.807, 2.05) is 62.4 Å². The second-order valence-corrected chi connectivity index (χ2v) is 6.03. The summed E-state index contributed by atoms with van der Waals surface area (Å²) in [6, 6.07) is 19.0. The van der Waals surface area contributed by atoms with Gasteiger partial charge in [0, 0.05) is 6.54 Å². The number of carbonyl (C=O) groups excluding carboxylic acids is 1. The molecule has 0 bridgehead atoms. The minimum atomic E-state index is -0.259. The molecule has 0 aliphatic carbocycles. The number of para-hydroxylation sites is 2. The first kappa shape index (κ1) is 18.4. The smallest absolute Gasteiger partial charge is 0.272 e. The minimum Gasteiger partial charge on any atom is -0.492 e. The second-order valence-electron chi connectivity index (χ2n) is 6.03. The molecule has 3 aromatic rings. The van der Waals surface area contributed by atoms with Crippen molar-refractivity contribution in [2.45, 2.75) is 20.4 Å². The third kappa shape index (κ3) is 5.04. The Kier molecular flexibility index (Phi) is 5.99. The molecule has 3 rings (SSSR count). The van der Waals surface area contributed by atoms with Gasteiger partial charge in [-0.3, -0.25) is 4.79 Å².